The maximum atomic E-state index is 12.8. The van der Waals surface area contributed by atoms with Gasteiger partial charge in [0.25, 0.3) is 0 Å². The molecule has 3 N–H and O–H groups in total. The van der Waals surface area contributed by atoms with Gasteiger partial charge in [-0.05, 0) is 96.4 Å². The molecule has 0 fully saturated rings. The maximum absolute atomic E-state index is 12.8. The van der Waals surface area contributed by atoms with E-state index < -0.39 is 12.2 Å². The zero-order chi connectivity index (χ0) is 42.0. The number of rotatable bonds is 45. The monoisotopic (exact) mass is 812 g/mol. The Morgan fingerprint density at radius 2 is 0.789 bits per heavy atom. The average Bonchev–Trinajstić information content (AvgIpc) is 3.19. The molecule has 0 aliphatic carbocycles. The summed E-state index contributed by atoms with van der Waals surface area (Å²) in [6.45, 7) is 10.8. The molecule has 0 aliphatic rings. The summed E-state index contributed by atoms with van der Waals surface area (Å²) in [6, 6.07) is 0. The van der Waals surface area contributed by atoms with Gasteiger partial charge in [-0.2, -0.15) is 0 Å². The molecule has 0 rings (SSSR count). The molecule has 0 amide bonds. The lowest BCUT2D eigenvalue weighted by Gasteiger charge is -2.27. The Morgan fingerprint density at radius 3 is 1.21 bits per heavy atom. The third-order valence-corrected chi connectivity index (χ3v) is 11.6. The molecular weight excluding hydrogens is 715 g/mol. The molecule has 340 valence electrons. The summed E-state index contributed by atoms with van der Waals surface area (Å²) in [4.78, 5) is 27.4. The summed E-state index contributed by atoms with van der Waals surface area (Å²) in [5.41, 5.74) is 0. The molecule has 0 saturated carbocycles. The average molecular weight is 812 g/mol. The Bertz CT molecular complexity index is 842. The van der Waals surface area contributed by atoms with Crippen molar-refractivity contribution in [1.82, 2.24) is 4.90 Å². The van der Waals surface area contributed by atoms with Gasteiger partial charge >= 0.3 is 11.9 Å². The number of ether oxygens (including phenoxy) is 2. The van der Waals surface area contributed by atoms with E-state index in [1.54, 1.807) is 0 Å². The number of carbonyl (C=O) groups is 2. The van der Waals surface area contributed by atoms with E-state index in [4.69, 9.17) is 9.47 Å². The van der Waals surface area contributed by atoms with Crippen LogP contribution in [0.3, 0.4) is 0 Å². The lowest BCUT2D eigenvalue weighted by Crippen LogP contribution is -2.38. The molecule has 0 aromatic carbocycles. The topological polar surface area (TPSA) is 117 Å². The second-order valence-corrected chi connectivity index (χ2v) is 17.4. The summed E-state index contributed by atoms with van der Waals surface area (Å²) in [5, 5.41) is 31.0. The predicted molar refractivity (Wildman–Crippen MR) is 240 cm³/mol. The highest BCUT2D eigenvalue weighted by molar-refractivity contribution is 5.69. The van der Waals surface area contributed by atoms with E-state index in [-0.39, 0.29) is 30.8 Å². The Morgan fingerprint density at radius 1 is 0.439 bits per heavy atom. The van der Waals surface area contributed by atoms with Gasteiger partial charge < -0.3 is 24.8 Å². The zero-order valence-electron chi connectivity index (χ0n) is 38.3. The number of carbonyl (C=O) groups excluding carboxylic acids is 2. The summed E-state index contributed by atoms with van der Waals surface area (Å²) in [5.74, 6) is -0.160. The van der Waals surface area contributed by atoms with Crippen LogP contribution in [0.5, 0.6) is 0 Å². The molecule has 3 atom stereocenters. The number of aliphatic hydroxyl groups excluding tert-OH is 3. The van der Waals surface area contributed by atoms with Gasteiger partial charge in [-0.25, -0.2) is 0 Å². The van der Waals surface area contributed by atoms with Crippen molar-refractivity contribution in [3.05, 3.63) is 0 Å². The second kappa shape index (κ2) is 42.9. The van der Waals surface area contributed by atoms with E-state index >= 15 is 0 Å². The van der Waals surface area contributed by atoms with Crippen molar-refractivity contribution in [3.8, 4) is 0 Å². The molecule has 0 spiro atoms. The standard InChI is InChI=1S/C49H97NO7/c1-5-9-12-15-18-26-35-46(8-4)56-48(54)38-29-21-24-33-44(52)42-50(40-31-23-32-41-51)43-45(53)34-25-22-30-39-49(55)57-47(36-27-19-16-13-10-6-2)37-28-20-17-14-11-7-3/h44-47,51-53H,5-43H2,1-4H3. The van der Waals surface area contributed by atoms with Crippen molar-refractivity contribution in [3.63, 3.8) is 0 Å². The largest absolute Gasteiger partial charge is 0.462 e. The van der Waals surface area contributed by atoms with Crippen LogP contribution in [0.15, 0.2) is 0 Å². The Kier molecular flexibility index (Phi) is 42.0. The number of aliphatic hydroxyl groups is 3. The normalized spacial score (nSPS) is 13.4. The molecule has 0 heterocycles. The number of nitrogens with zero attached hydrogens (tertiary/aromatic N) is 1. The van der Waals surface area contributed by atoms with Gasteiger partial charge in [0, 0.05) is 32.5 Å². The van der Waals surface area contributed by atoms with Gasteiger partial charge in [0.2, 0.25) is 0 Å². The van der Waals surface area contributed by atoms with Gasteiger partial charge in [0.1, 0.15) is 12.2 Å². The lowest BCUT2D eigenvalue weighted by molar-refractivity contribution is -0.150. The Balaban J connectivity index is 4.50. The molecule has 8 nitrogen and oxygen atoms in total. The first kappa shape index (κ1) is 55.8. The van der Waals surface area contributed by atoms with Crippen LogP contribution in [0.2, 0.25) is 0 Å². The molecule has 0 aromatic rings. The number of unbranched alkanes of at least 4 members (excludes halogenated alkanes) is 21. The van der Waals surface area contributed by atoms with E-state index in [2.05, 4.69) is 32.6 Å². The predicted octanol–water partition coefficient (Wildman–Crippen LogP) is 12.6. The highest BCUT2D eigenvalue weighted by Gasteiger charge is 2.18. The van der Waals surface area contributed by atoms with E-state index in [0.29, 0.717) is 38.8 Å². The Hall–Kier alpha value is -1.22. The number of hydrogen-bond donors (Lipinski definition) is 3. The first-order chi connectivity index (χ1) is 27.8. The highest BCUT2D eigenvalue weighted by atomic mass is 16.5. The van der Waals surface area contributed by atoms with E-state index in [1.807, 2.05) is 0 Å². The van der Waals surface area contributed by atoms with Crippen LogP contribution in [0.25, 0.3) is 0 Å². The van der Waals surface area contributed by atoms with Crippen LogP contribution < -0.4 is 0 Å². The fourth-order valence-corrected chi connectivity index (χ4v) is 7.87. The van der Waals surface area contributed by atoms with Gasteiger partial charge in [0.05, 0.1) is 12.2 Å². The van der Waals surface area contributed by atoms with E-state index in [0.717, 1.165) is 109 Å². The van der Waals surface area contributed by atoms with Crippen LogP contribution in [0, 0.1) is 0 Å². The fourth-order valence-electron chi connectivity index (χ4n) is 7.87. The quantitative estimate of drug-likeness (QED) is 0.0411. The third kappa shape index (κ3) is 38.7. The van der Waals surface area contributed by atoms with Crippen molar-refractivity contribution in [1.29, 1.82) is 0 Å². The van der Waals surface area contributed by atoms with Crippen LogP contribution in [-0.4, -0.2) is 82.8 Å². The molecule has 57 heavy (non-hydrogen) atoms. The van der Waals surface area contributed by atoms with Gasteiger partial charge in [0.15, 0.2) is 0 Å². The summed E-state index contributed by atoms with van der Waals surface area (Å²) >= 11 is 0. The number of hydrogen-bond acceptors (Lipinski definition) is 8. The van der Waals surface area contributed by atoms with Crippen molar-refractivity contribution in [2.45, 2.75) is 277 Å². The minimum Gasteiger partial charge on any atom is -0.462 e. The highest BCUT2D eigenvalue weighted by Crippen LogP contribution is 2.19. The molecular formula is C49H97NO7. The number of esters is 2. The first-order valence-corrected chi connectivity index (χ1v) is 24.9. The van der Waals surface area contributed by atoms with E-state index in [9.17, 15) is 24.9 Å². The summed E-state index contributed by atoms with van der Waals surface area (Å²) in [7, 11) is 0. The van der Waals surface area contributed by atoms with Crippen molar-refractivity contribution >= 4 is 11.9 Å². The molecule has 0 aliphatic heterocycles. The van der Waals surface area contributed by atoms with Crippen LogP contribution in [0.4, 0.5) is 0 Å². The smallest absolute Gasteiger partial charge is 0.306 e. The minimum atomic E-state index is -0.486. The van der Waals surface area contributed by atoms with Crippen LogP contribution in [0.1, 0.15) is 252 Å². The van der Waals surface area contributed by atoms with Gasteiger partial charge in [-0.3, -0.25) is 14.5 Å². The molecule has 0 saturated heterocycles. The molecule has 0 aromatic heterocycles. The van der Waals surface area contributed by atoms with Gasteiger partial charge in [-0.15, -0.1) is 0 Å². The van der Waals surface area contributed by atoms with Crippen molar-refractivity contribution in [2.24, 2.45) is 0 Å². The molecule has 3 unspecified atom stereocenters. The van der Waals surface area contributed by atoms with Gasteiger partial charge in [-0.1, -0.05) is 150 Å². The summed E-state index contributed by atoms with van der Waals surface area (Å²) < 4.78 is 11.8. The fraction of sp³-hybridized carbons (Fsp3) is 0.959. The Labute approximate surface area is 353 Å². The van der Waals surface area contributed by atoms with E-state index in [1.165, 1.54) is 96.3 Å². The minimum absolute atomic E-state index is 0.0323. The first-order valence-electron chi connectivity index (χ1n) is 24.9. The lowest BCUT2D eigenvalue weighted by atomic mass is 10.0. The summed E-state index contributed by atoms with van der Waals surface area (Å²) in [6.07, 6.45) is 35.3. The van der Waals surface area contributed by atoms with Crippen molar-refractivity contribution < 1.29 is 34.4 Å². The zero-order valence-corrected chi connectivity index (χ0v) is 38.3. The molecule has 8 heteroatoms. The SMILES string of the molecule is CCCCCCCCC(CC)OC(=O)CCCCCC(O)CN(CCCCCO)CC(O)CCCCCC(=O)OC(CCCCCCCC)CCCCCCCC. The molecule has 0 bridgehead atoms. The van der Waals surface area contributed by atoms with Crippen LogP contribution >= 0.6 is 0 Å². The third-order valence-electron chi connectivity index (χ3n) is 11.6. The van der Waals surface area contributed by atoms with Crippen molar-refractivity contribution in [2.75, 3.05) is 26.2 Å². The van der Waals surface area contributed by atoms with Crippen LogP contribution in [-0.2, 0) is 19.1 Å². The maximum Gasteiger partial charge on any atom is 0.306 e. The second-order valence-electron chi connectivity index (χ2n) is 17.4. The molecule has 0 radical (unpaired) electrons.